The van der Waals surface area contributed by atoms with Crippen LogP contribution in [0.1, 0.15) is 52.6 Å². The van der Waals surface area contributed by atoms with E-state index in [0.29, 0.717) is 17.4 Å². The minimum absolute atomic E-state index is 0.0286. The molecule has 3 aromatic rings. The number of halogens is 3. The van der Waals surface area contributed by atoms with Crippen LogP contribution in [0.3, 0.4) is 0 Å². The first kappa shape index (κ1) is 25.2. The number of hydrogen-bond donors (Lipinski definition) is 0. The summed E-state index contributed by atoms with van der Waals surface area (Å²) in [5.74, 6) is -3.39. The van der Waals surface area contributed by atoms with Crippen molar-refractivity contribution in [2.24, 2.45) is 5.92 Å². The van der Waals surface area contributed by atoms with E-state index >= 15 is 0 Å². The smallest absolute Gasteiger partial charge is 0.387 e. The fourth-order valence-electron chi connectivity index (χ4n) is 4.49. The number of rotatable bonds is 8. The third-order valence-electron chi connectivity index (χ3n) is 5.86. The Bertz CT molecular complexity index is 1300. The van der Waals surface area contributed by atoms with Crippen LogP contribution in [-0.4, -0.2) is 31.0 Å². The average Bonchev–Trinajstić information content (AvgIpc) is 3.07. The van der Waals surface area contributed by atoms with Crippen molar-refractivity contribution >= 4 is 34.2 Å². The maximum atomic E-state index is 14.8. The molecule has 0 saturated carbocycles. The predicted octanol–water partition coefficient (Wildman–Crippen LogP) is 5.69. The van der Waals surface area contributed by atoms with E-state index in [1.54, 1.807) is 31.2 Å². The van der Waals surface area contributed by atoms with Crippen LogP contribution in [0.5, 0.6) is 5.75 Å². The van der Waals surface area contributed by atoms with Crippen molar-refractivity contribution in [3.8, 4) is 5.75 Å². The number of alkyl halides is 2. The van der Waals surface area contributed by atoms with Gasteiger partial charge < -0.3 is 9.47 Å². The Kier molecular flexibility index (Phi) is 7.01. The lowest BCUT2D eigenvalue weighted by Crippen LogP contribution is -2.30. The molecule has 0 bridgehead atoms. The van der Waals surface area contributed by atoms with Crippen molar-refractivity contribution in [3.63, 3.8) is 0 Å². The van der Waals surface area contributed by atoms with E-state index in [2.05, 4.69) is 0 Å². The van der Waals surface area contributed by atoms with E-state index in [-0.39, 0.29) is 52.5 Å². The first-order chi connectivity index (χ1) is 17.1. The molecule has 4 rings (SSSR count). The first-order valence-corrected chi connectivity index (χ1v) is 11.5. The van der Waals surface area contributed by atoms with E-state index < -0.39 is 30.2 Å². The van der Waals surface area contributed by atoms with Gasteiger partial charge in [0.25, 0.3) is 11.8 Å². The lowest BCUT2D eigenvalue weighted by atomic mass is 9.89. The molecule has 188 valence electrons. The number of carbonyl (C=O) groups is 3. The number of ether oxygens (including phenoxy) is 2. The van der Waals surface area contributed by atoms with Gasteiger partial charge in [-0.3, -0.25) is 14.4 Å². The van der Waals surface area contributed by atoms with Crippen molar-refractivity contribution in [1.82, 2.24) is 0 Å². The van der Waals surface area contributed by atoms with Crippen molar-refractivity contribution in [2.45, 2.75) is 40.2 Å². The Morgan fingerprint density at radius 3 is 2.28 bits per heavy atom. The van der Waals surface area contributed by atoms with Crippen LogP contribution in [0.15, 0.2) is 42.5 Å². The minimum atomic E-state index is -3.23. The van der Waals surface area contributed by atoms with Gasteiger partial charge in [0.15, 0.2) is 0 Å². The minimum Gasteiger partial charge on any atom is -0.466 e. The molecule has 1 aliphatic heterocycles. The molecular weight excluding hydrogens is 475 g/mol. The van der Waals surface area contributed by atoms with Crippen LogP contribution in [-0.2, 0) is 22.4 Å². The largest absolute Gasteiger partial charge is 0.466 e. The number of anilines is 1. The summed E-state index contributed by atoms with van der Waals surface area (Å²) in [5.41, 5.74) is 0.179. The highest BCUT2D eigenvalue weighted by Gasteiger charge is 2.43. The molecule has 3 aromatic carbocycles. The molecule has 2 amide bonds. The number of esters is 1. The molecule has 0 aromatic heterocycles. The average molecular weight is 499 g/mol. The Morgan fingerprint density at radius 2 is 1.67 bits per heavy atom. The standard InChI is InChI=1S/C27H24F3NO5/c1-4-35-21(32)12-15-9-10-16(13-20(15)28)31-25(33)22-19(11-14(2)3)17-7-5-6-8-18(17)24(36-27(29)30)23(22)26(31)34/h5-10,13-14,27H,4,11-12H2,1-3H3. The normalized spacial score (nSPS) is 13.2. The third kappa shape index (κ3) is 4.53. The van der Waals surface area contributed by atoms with Crippen molar-refractivity contribution in [1.29, 1.82) is 0 Å². The van der Waals surface area contributed by atoms with Crippen LogP contribution < -0.4 is 9.64 Å². The lowest BCUT2D eigenvalue weighted by Gasteiger charge is -2.17. The molecular formula is C27H24F3NO5. The first-order valence-electron chi connectivity index (χ1n) is 11.5. The van der Waals surface area contributed by atoms with Gasteiger partial charge in [-0.15, -0.1) is 0 Å². The van der Waals surface area contributed by atoms with E-state index in [4.69, 9.17) is 9.47 Å². The maximum absolute atomic E-state index is 14.8. The van der Waals surface area contributed by atoms with Gasteiger partial charge in [-0.1, -0.05) is 44.2 Å². The Hall–Kier alpha value is -3.88. The van der Waals surface area contributed by atoms with Crippen LogP contribution in [0.25, 0.3) is 10.8 Å². The van der Waals surface area contributed by atoms with Gasteiger partial charge in [0.05, 0.1) is 29.8 Å². The van der Waals surface area contributed by atoms with Crippen LogP contribution in [0.2, 0.25) is 0 Å². The molecule has 36 heavy (non-hydrogen) atoms. The number of nitrogens with zero attached hydrogens (tertiary/aromatic N) is 1. The van der Waals surface area contributed by atoms with Gasteiger partial charge in [0.1, 0.15) is 11.6 Å². The quantitative estimate of drug-likeness (QED) is 0.294. The van der Waals surface area contributed by atoms with E-state index in [1.807, 2.05) is 13.8 Å². The van der Waals surface area contributed by atoms with Crippen molar-refractivity contribution in [2.75, 3.05) is 11.5 Å². The lowest BCUT2D eigenvalue weighted by molar-refractivity contribution is -0.142. The maximum Gasteiger partial charge on any atom is 0.387 e. The third-order valence-corrected chi connectivity index (χ3v) is 5.86. The Labute approximate surface area is 205 Å². The number of hydrogen-bond acceptors (Lipinski definition) is 5. The molecule has 0 N–H and O–H groups in total. The fraction of sp³-hybridized carbons (Fsp3) is 0.296. The van der Waals surface area contributed by atoms with Crippen molar-refractivity contribution < 1.29 is 37.0 Å². The number of benzene rings is 3. The summed E-state index contributed by atoms with van der Waals surface area (Å²) in [5, 5.41) is 0.811. The van der Waals surface area contributed by atoms with Gasteiger partial charge >= 0.3 is 12.6 Å². The number of imide groups is 1. The van der Waals surface area contributed by atoms with Gasteiger partial charge in [0.2, 0.25) is 0 Å². The zero-order valence-corrected chi connectivity index (χ0v) is 19.9. The molecule has 0 spiro atoms. The molecule has 6 nitrogen and oxygen atoms in total. The van der Waals surface area contributed by atoms with E-state index in [9.17, 15) is 27.6 Å². The molecule has 0 radical (unpaired) electrons. The molecule has 1 aliphatic rings. The summed E-state index contributed by atoms with van der Waals surface area (Å²) in [7, 11) is 0. The highest BCUT2D eigenvalue weighted by atomic mass is 19.3. The summed E-state index contributed by atoms with van der Waals surface area (Å²) in [6.45, 7) is 2.40. The van der Waals surface area contributed by atoms with E-state index in [1.165, 1.54) is 12.1 Å². The monoisotopic (exact) mass is 499 g/mol. The van der Waals surface area contributed by atoms with Gasteiger partial charge in [-0.25, -0.2) is 9.29 Å². The zero-order chi connectivity index (χ0) is 26.1. The molecule has 1 heterocycles. The number of fused-ring (bicyclic) bond motifs is 2. The van der Waals surface area contributed by atoms with Crippen LogP contribution >= 0.6 is 0 Å². The SMILES string of the molecule is CCOC(=O)Cc1ccc(N2C(=O)c3c(c(OC(F)F)c4ccccc4c3CC(C)C)C2=O)cc1F. The second-order valence-corrected chi connectivity index (χ2v) is 8.78. The van der Waals surface area contributed by atoms with E-state index in [0.717, 1.165) is 11.0 Å². The highest BCUT2D eigenvalue weighted by molar-refractivity contribution is 6.37. The molecule has 9 heteroatoms. The molecule has 0 fully saturated rings. The Morgan fingerprint density at radius 1 is 1.00 bits per heavy atom. The number of amides is 2. The van der Waals surface area contributed by atoms with Crippen LogP contribution in [0, 0.1) is 11.7 Å². The summed E-state index contributed by atoms with van der Waals surface area (Å²) in [4.78, 5) is 39.6. The second-order valence-electron chi connectivity index (χ2n) is 8.78. The van der Waals surface area contributed by atoms with Gasteiger partial charge in [-0.05, 0) is 47.9 Å². The highest BCUT2D eigenvalue weighted by Crippen LogP contribution is 2.43. The predicted molar refractivity (Wildman–Crippen MR) is 127 cm³/mol. The van der Waals surface area contributed by atoms with Gasteiger partial charge in [-0.2, -0.15) is 8.78 Å². The van der Waals surface area contributed by atoms with Crippen LogP contribution in [0.4, 0.5) is 18.9 Å². The molecule has 0 aliphatic carbocycles. The fourth-order valence-corrected chi connectivity index (χ4v) is 4.49. The summed E-state index contributed by atoms with van der Waals surface area (Å²) in [6, 6.07) is 10.2. The van der Waals surface area contributed by atoms with Crippen molar-refractivity contribution in [3.05, 3.63) is 70.5 Å². The second kappa shape index (κ2) is 10.0. The van der Waals surface area contributed by atoms with Gasteiger partial charge in [0, 0.05) is 5.39 Å². The summed E-state index contributed by atoms with van der Waals surface area (Å²) >= 11 is 0. The Balaban J connectivity index is 1.87. The zero-order valence-electron chi connectivity index (χ0n) is 19.9. The molecule has 0 saturated heterocycles. The topological polar surface area (TPSA) is 72.9 Å². The molecule has 0 unspecified atom stereocenters. The summed E-state index contributed by atoms with van der Waals surface area (Å²) in [6.07, 6.45) is 0.0792. The number of carbonyl (C=O) groups excluding carboxylic acids is 3. The summed E-state index contributed by atoms with van der Waals surface area (Å²) < 4.78 is 51.3. The molecule has 0 atom stereocenters.